The number of benzene rings is 1. The first-order chi connectivity index (χ1) is 13.2. The summed E-state index contributed by atoms with van der Waals surface area (Å²) < 4.78 is 5.45. The Hall–Kier alpha value is -2.57. The van der Waals surface area contributed by atoms with E-state index in [0.29, 0.717) is 31.8 Å². The molecule has 3 rings (SSSR count). The van der Waals surface area contributed by atoms with Crippen LogP contribution in [-0.2, 0) is 14.3 Å². The fourth-order valence-corrected chi connectivity index (χ4v) is 3.61. The highest BCUT2D eigenvalue weighted by Crippen LogP contribution is 2.29. The summed E-state index contributed by atoms with van der Waals surface area (Å²) in [5, 5.41) is 5.55. The van der Waals surface area contributed by atoms with Crippen molar-refractivity contribution in [3.8, 4) is 0 Å². The third kappa shape index (κ3) is 5.24. The van der Waals surface area contributed by atoms with Crippen molar-refractivity contribution in [3.63, 3.8) is 0 Å². The van der Waals surface area contributed by atoms with Gasteiger partial charge in [-0.1, -0.05) is 12.1 Å². The number of nitrogens with zero attached hydrogens (tertiary/aromatic N) is 1. The van der Waals surface area contributed by atoms with Crippen LogP contribution in [0, 0.1) is 0 Å². The number of piperidine rings is 2. The van der Waals surface area contributed by atoms with Crippen molar-refractivity contribution < 1.29 is 19.1 Å². The van der Waals surface area contributed by atoms with Crippen LogP contribution >= 0.6 is 0 Å². The molecule has 1 atom stereocenters. The van der Waals surface area contributed by atoms with Gasteiger partial charge in [0.25, 0.3) is 0 Å². The number of likely N-dealkylation sites (tertiary alicyclic amines) is 1. The minimum Gasteiger partial charge on any atom is -0.444 e. The molecule has 2 aliphatic rings. The summed E-state index contributed by atoms with van der Waals surface area (Å²) in [4.78, 5) is 37.0. The first-order valence-electron chi connectivity index (χ1n) is 9.89. The van der Waals surface area contributed by atoms with E-state index in [9.17, 15) is 14.4 Å². The smallest absolute Gasteiger partial charge is 0.410 e. The Morgan fingerprint density at radius 3 is 2.32 bits per heavy atom. The molecule has 0 aliphatic carbocycles. The molecule has 7 heteroatoms. The molecule has 1 aromatic rings. The van der Waals surface area contributed by atoms with E-state index in [1.54, 1.807) is 4.90 Å². The summed E-state index contributed by atoms with van der Waals surface area (Å²) in [6, 6.07) is 7.71. The van der Waals surface area contributed by atoms with Gasteiger partial charge >= 0.3 is 6.09 Å². The number of carbonyl (C=O) groups is 3. The monoisotopic (exact) mass is 387 g/mol. The van der Waals surface area contributed by atoms with Gasteiger partial charge in [-0.3, -0.25) is 14.9 Å². The summed E-state index contributed by atoms with van der Waals surface area (Å²) in [5.41, 5.74) is 1.63. The topological polar surface area (TPSA) is 87.7 Å². The summed E-state index contributed by atoms with van der Waals surface area (Å²) in [6.45, 7) is 7.01. The van der Waals surface area contributed by atoms with Gasteiger partial charge in [-0.25, -0.2) is 4.79 Å². The molecule has 152 valence electrons. The average Bonchev–Trinajstić information content (AvgIpc) is 2.63. The molecule has 0 spiro atoms. The van der Waals surface area contributed by atoms with Gasteiger partial charge in [-0.05, 0) is 63.6 Å². The van der Waals surface area contributed by atoms with E-state index in [1.165, 1.54) is 5.56 Å². The van der Waals surface area contributed by atoms with Crippen LogP contribution < -0.4 is 10.6 Å². The van der Waals surface area contributed by atoms with Crippen LogP contribution in [-0.4, -0.2) is 47.5 Å². The lowest BCUT2D eigenvalue weighted by Crippen LogP contribution is -2.47. The van der Waals surface area contributed by atoms with E-state index in [4.69, 9.17) is 4.74 Å². The molecule has 28 heavy (non-hydrogen) atoms. The van der Waals surface area contributed by atoms with Gasteiger partial charge < -0.3 is 15.0 Å². The number of imide groups is 1. The van der Waals surface area contributed by atoms with Crippen molar-refractivity contribution in [2.75, 3.05) is 18.4 Å². The highest BCUT2D eigenvalue weighted by molar-refractivity contribution is 6.01. The van der Waals surface area contributed by atoms with E-state index in [0.717, 1.165) is 18.5 Å². The van der Waals surface area contributed by atoms with Crippen molar-refractivity contribution in [3.05, 3.63) is 29.8 Å². The van der Waals surface area contributed by atoms with Crippen molar-refractivity contribution >= 4 is 23.6 Å². The molecule has 0 bridgehead atoms. The Labute approximate surface area is 165 Å². The fraction of sp³-hybridized carbons (Fsp3) is 0.571. The Balaban J connectivity index is 1.51. The third-order valence-electron chi connectivity index (χ3n) is 5.11. The van der Waals surface area contributed by atoms with Crippen molar-refractivity contribution in [1.29, 1.82) is 0 Å². The molecule has 2 N–H and O–H groups in total. The minimum absolute atomic E-state index is 0.212. The molecule has 0 saturated carbocycles. The number of rotatable bonds is 3. The highest BCUT2D eigenvalue weighted by atomic mass is 16.6. The number of ether oxygens (including phenoxy) is 1. The molecule has 2 fully saturated rings. The first kappa shape index (κ1) is 20.2. The summed E-state index contributed by atoms with van der Waals surface area (Å²) in [7, 11) is 0. The van der Waals surface area contributed by atoms with Crippen molar-refractivity contribution in [1.82, 2.24) is 10.2 Å². The first-order valence-corrected chi connectivity index (χ1v) is 9.89. The number of anilines is 1. The zero-order valence-corrected chi connectivity index (χ0v) is 16.8. The maximum Gasteiger partial charge on any atom is 0.410 e. The predicted octanol–water partition coefficient (Wildman–Crippen LogP) is 3.02. The van der Waals surface area contributed by atoms with E-state index < -0.39 is 5.60 Å². The van der Waals surface area contributed by atoms with E-state index in [2.05, 4.69) is 22.8 Å². The zero-order valence-electron chi connectivity index (χ0n) is 16.8. The SMILES string of the molecule is CC(C)(C)OC(=O)N1CCC(c2ccc(NC3CCC(=O)NC3=O)cc2)CC1. The quantitative estimate of drug-likeness (QED) is 0.779. The summed E-state index contributed by atoms with van der Waals surface area (Å²) in [5.74, 6) is -0.0747. The molecule has 0 aromatic heterocycles. The molecule has 1 unspecified atom stereocenters. The molecular weight excluding hydrogens is 358 g/mol. The van der Waals surface area contributed by atoms with Gasteiger partial charge in [0.15, 0.2) is 0 Å². The largest absolute Gasteiger partial charge is 0.444 e. The Morgan fingerprint density at radius 2 is 1.75 bits per heavy atom. The van der Waals surface area contributed by atoms with Crippen molar-refractivity contribution in [2.24, 2.45) is 0 Å². The van der Waals surface area contributed by atoms with Crippen LogP contribution in [0.1, 0.15) is 57.9 Å². The number of nitrogens with one attached hydrogen (secondary N) is 2. The number of carbonyl (C=O) groups excluding carboxylic acids is 3. The third-order valence-corrected chi connectivity index (χ3v) is 5.11. The maximum absolute atomic E-state index is 12.2. The zero-order chi connectivity index (χ0) is 20.3. The van der Waals surface area contributed by atoms with Gasteiger partial charge in [0, 0.05) is 25.2 Å². The predicted molar refractivity (Wildman–Crippen MR) is 106 cm³/mol. The second-order valence-electron chi connectivity index (χ2n) is 8.51. The summed E-state index contributed by atoms with van der Waals surface area (Å²) >= 11 is 0. The van der Waals surface area contributed by atoms with Gasteiger partial charge in [0.05, 0.1) is 0 Å². The molecule has 2 heterocycles. The van der Waals surface area contributed by atoms with E-state index in [-0.39, 0.29) is 23.9 Å². The molecule has 0 radical (unpaired) electrons. The second-order valence-corrected chi connectivity index (χ2v) is 8.51. The lowest BCUT2D eigenvalue weighted by Gasteiger charge is -2.33. The Bertz CT molecular complexity index is 731. The van der Waals surface area contributed by atoms with E-state index >= 15 is 0 Å². The van der Waals surface area contributed by atoms with Crippen LogP contribution in [0.5, 0.6) is 0 Å². The molecule has 7 nitrogen and oxygen atoms in total. The Kier molecular flexibility index (Phi) is 5.91. The van der Waals surface area contributed by atoms with Crippen LogP contribution in [0.3, 0.4) is 0 Å². The summed E-state index contributed by atoms with van der Waals surface area (Å²) in [6.07, 6.45) is 2.43. The second kappa shape index (κ2) is 8.20. The van der Waals surface area contributed by atoms with Crippen LogP contribution in [0.4, 0.5) is 10.5 Å². The van der Waals surface area contributed by atoms with Gasteiger partial charge in [0.2, 0.25) is 11.8 Å². The number of hydrogen-bond acceptors (Lipinski definition) is 5. The Morgan fingerprint density at radius 1 is 1.11 bits per heavy atom. The molecule has 3 amide bonds. The number of amides is 3. The van der Waals surface area contributed by atoms with Gasteiger partial charge in [-0.15, -0.1) is 0 Å². The minimum atomic E-state index is -0.473. The van der Waals surface area contributed by atoms with E-state index in [1.807, 2.05) is 32.9 Å². The molecule has 1 aromatic carbocycles. The van der Waals surface area contributed by atoms with Crippen molar-refractivity contribution in [2.45, 2.75) is 64.0 Å². The lowest BCUT2D eigenvalue weighted by atomic mass is 9.89. The lowest BCUT2D eigenvalue weighted by molar-refractivity contribution is -0.133. The maximum atomic E-state index is 12.2. The normalized spacial score (nSPS) is 21.2. The molecule has 2 saturated heterocycles. The fourth-order valence-electron chi connectivity index (χ4n) is 3.61. The number of hydrogen-bond donors (Lipinski definition) is 2. The standard InChI is InChI=1S/C21H29N3O4/c1-21(2,3)28-20(27)24-12-10-15(11-13-24)14-4-6-16(7-5-14)22-17-8-9-18(25)23-19(17)26/h4-7,15,17,22H,8-13H2,1-3H3,(H,23,25,26). The van der Waals surface area contributed by atoms with Gasteiger partial charge in [-0.2, -0.15) is 0 Å². The van der Waals surface area contributed by atoms with Crippen LogP contribution in [0.25, 0.3) is 0 Å². The molecule has 2 aliphatic heterocycles. The highest BCUT2D eigenvalue weighted by Gasteiger charge is 2.28. The average molecular weight is 387 g/mol. The van der Waals surface area contributed by atoms with Crippen LogP contribution in [0.2, 0.25) is 0 Å². The molecular formula is C21H29N3O4. The van der Waals surface area contributed by atoms with Crippen LogP contribution in [0.15, 0.2) is 24.3 Å². The van der Waals surface area contributed by atoms with Gasteiger partial charge in [0.1, 0.15) is 11.6 Å².